The first kappa shape index (κ1) is 19.0. The summed E-state index contributed by atoms with van der Waals surface area (Å²) in [4.78, 5) is 9.17. The highest BCUT2D eigenvalue weighted by Crippen LogP contribution is 2.07. The molecular weight excluding hydrogens is 210 g/mol. The predicted octanol–water partition coefficient (Wildman–Crippen LogP) is 4.04. The van der Waals surface area contributed by atoms with E-state index in [1.54, 1.807) is 0 Å². The number of hydrogen-bond donors (Lipinski definition) is 0. The molecule has 0 aliphatic rings. The number of quaternary nitrogens is 1. The lowest BCUT2D eigenvalue weighted by Crippen LogP contribution is -2.35. The summed E-state index contributed by atoms with van der Waals surface area (Å²) in [6.07, 6.45) is 11.5. The third-order valence-corrected chi connectivity index (χ3v) is 2.60. The van der Waals surface area contributed by atoms with E-state index in [0.29, 0.717) is 6.42 Å². The molecule has 0 bridgehead atoms. The van der Waals surface area contributed by atoms with Crippen LogP contribution in [0.15, 0.2) is 0 Å². The fourth-order valence-electron chi connectivity index (χ4n) is 1.54. The quantitative estimate of drug-likeness (QED) is 0.340. The number of hydrogen-bond acceptors (Lipinski definition) is 1. The molecule has 0 atom stereocenters. The van der Waals surface area contributed by atoms with Crippen LogP contribution in [0.1, 0.15) is 65.2 Å². The Kier molecular flexibility index (Phi) is 15.3. The first-order chi connectivity index (χ1) is 7.97. The lowest BCUT2D eigenvalue weighted by atomic mass is 10.1. The van der Waals surface area contributed by atoms with Crippen LogP contribution in [0.3, 0.4) is 0 Å². The summed E-state index contributed by atoms with van der Waals surface area (Å²) in [5.41, 5.74) is 0. The zero-order valence-electron chi connectivity index (χ0n) is 12.8. The second-order valence-electron chi connectivity index (χ2n) is 5.71. The Hall–Kier alpha value is -0.370. The highest BCUT2D eigenvalue weighted by Gasteiger charge is 2.04. The van der Waals surface area contributed by atoms with Crippen LogP contribution in [-0.2, 0) is 4.79 Å². The Morgan fingerprint density at radius 2 is 1.24 bits per heavy atom. The molecule has 0 unspecified atom stereocenters. The van der Waals surface area contributed by atoms with Gasteiger partial charge in [0.2, 0.25) is 0 Å². The molecule has 2 heteroatoms. The first-order valence-electron chi connectivity index (χ1n) is 7.22. The van der Waals surface area contributed by atoms with Crippen LogP contribution >= 0.6 is 0 Å². The highest BCUT2D eigenvalue weighted by molar-refractivity contribution is 5.48. The molecule has 0 aromatic carbocycles. The van der Waals surface area contributed by atoms with Gasteiger partial charge in [-0.25, -0.2) is 0 Å². The van der Waals surface area contributed by atoms with Crippen LogP contribution in [0.4, 0.5) is 0 Å². The van der Waals surface area contributed by atoms with Crippen molar-refractivity contribution in [2.24, 2.45) is 0 Å². The lowest BCUT2D eigenvalue weighted by molar-refractivity contribution is -0.870. The van der Waals surface area contributed by atoms with Crippen molar-refractivity contribution in [2.45, 2.75) is 65.2 Å². The van der Waals surface area contributed by atoms with Crippen LogP contribution < -0.4 is 0 Å². The Bertz CT molecular complexity index is 149. The Morgan fingerprint density at radius 1 is 0.824 bits per heavy atom. The van der Waals surface area contributed by atoms with Gasteiger partial charge in [-0.05, 0) is 12.8 Å². The molecule has 0 aliphatic heterocycles. The zero-order chi connectivity index (χ0) is 13.6. The van der Waals surface area contributed by atoms with E-state index in [1.807, 2.05) is 6.92 Å². The van der Waals surface area contributed by atoms with Crippen molar-refractivity contribution < 1.29 is 9.28 Å². The summed E-state index contributed by atoms with van der Waals surface area (Å²) >= 11 is 0. The van der Waals surface area contributed by atoms with Crippen molar-refractivity contribution in [1.29, 1.82) is 0 Å². The molecule has 0 aliphatic carbocycles. The molecule has 2 nitrogen and oxygen atoms in total. The van der Waals surface area contributed by atoms with Gasteiger partial charge in [-0.2, -0.15) is 0 Å². The van der Waals surface area contributed by atoms with Gasteiger partial charge in [-0.15, -0.1) is 0 Å². The van der Waals surface area contributed by atoms with Crippen molar-refractivity contribution in [1.82, 2.24) is 0 Å². The molecule has 17 heavy (non-hydrogen) atoms. The van der Waals surface area contributed by atoms with E-state index in [0.717, 1.165) is 10.8 Å². The minimum atomic E-state index is 0.639. The highest BCUT2D eigenvalue weighted by atomic mass is 16.1. The molecular formula is C15H34NO+. The van der Waals surface area contributed by atoms with Crippen LogP contribution in [0, 0.1) is 0 Å². The molecule has 0 radical (unpaired) electrons. The van der Waals surface area contributed by atoms with Gasteiger partial charge in [-0.3, -0.25) is 0 Å². The number of nitrogens with zero attached hydrogens (tertiary/aromatic N) is 1. The largest absolute Gasteiger partial charge is 0.331 e. The van der Waals surface area contributed by atoms with Crippen molar-refractivity contribution in [3.63, 3.8) is 0 Å². The van der Waals surface area contributed by atoms with Crippen LogP contribution in [0.2, 0.25) is 0 Å². The zero-order valence-corrected chi connectivity index (χ0v) is 12.8. The molecule has 0 aromatic heterocycles. The molecule has 0 amide bonds. The fraction of sp³-hybridized carbons (Fsp3) is 0.933. The minimum Gasteiger partial charge on any atom is -0.331 e. The average Bonchev–Trinajstić information content (AvgIpc) is 2.27. The standard InChI is InChI=1S/C12H28N.C3H6O/c1-5-6-7-8-9-10-11-12-13(2,3)4;1-2-3-4/h5-12H2,1-4H3;3H,2H2,1H3/q+1;. The number of unbranched alkanes of at least 4 members (excludes halogenated alkanes) is 6. The average molecular weight is 244 g/mol. The fourth-order valence-corrected chi connectivity index (χ4v) is 1.54. The van der Waals surface area contributed by atoms with Gasteiger partial charge >= 0.3 is 0 Å². The van der Waals surface area contributed by atoms with Gasteiger partial charge in [0, 0.05) is 6.42 Å². The second-order valence-corrected chi connectivity index (χ2v) is 5.71. The molecule has 104 valence electrons. The van der Waals surface area contributed by atoms with Gasteiger partial charge in [0.25, 0.3) is 0 Å². The monoisotopic (exact) mass is 244 g/mol. The van der Waals surface area contributed by atoms with Crippen molar-refractivity contribution in [3.05, 3.63) is 0 Å². The van der Waals surface area contributed by atoms with Crippen molar-refractivity contribution in [2.75, 3.05) is 27.7 Å². The maximum Gasteiger partial charge on any atom is 0.119 e. The molecule has 0 saturated heterocycles. The summed E-state index contributed by atoms with van der Waals surface area (Å²) in [6, 6.07) is 0. The Labute approximate surface area is 109 Å². The summed E-state index contributed by atoms with van der Waals surface area (Å²) < 4.78 is 1.12. The molecule has 0 N–H and O–H groups in total. The Morgan fingerprint density at radius 3 is 1.59 bits per heavy atom. The smallest absolute Gasteiger partial charge is 0.119 e. The third-order valence-electron chi connectivity index (χ3n) is 2.60. The number of carbonyl (C=O) groups excluding carboxylic acids is 1. The summed E-state index contributed by atoms with van der Waals surface area (Å²) in [6.45, 7) is 5.41. The molecule has 0 saturated carbocycles. The normalized spacial score (nSPS) is 10.6. The van der Waals surface area contributed by atoms with E-state index in [4.69, 9.17) is 0 Å². The van der Waals surface area contributed by atoms with Crippen LogP contribution in [-0.4, -0.2) is 38.5 Å². The summed E-state index contributed by atoms with van der Waals surface area (Å²) in [7, 11) is 6.82. The van der Waals surface area contributed by atoms with E-state index in [-0.39, 0.29) is 0 Å². The van der Waals surface area contributed by atoms with Crippen molar-refractivity contribution >= 4 is 6.29 Å². The van der Waals surface area contributed by atoms with Gasteiger partial charge in [-0.1, -0.05) is 46.0 Å². The minimum absolute atomic E-state index is 0.639. The van der Waals surface area contributed by atoms with Crippen molar-refractivity contribution in [3.8, 4) is 0 Å². The number of rotatable bonds is 9. The van der Waals surface area contributed by atoms with Gasteiger partial charge < -0.3 is 9.28 Å². The van der Waals surface area contributed by atoms with Gasteiger partial charge in [0.1, 0.15) is 6.29 Å². The maximum atomic E-state index is 9.17. The molecule has 0 aromatic rings. The SMILES string of the molecule is CCC=O.CCCCCCCCC[N+](C)(C)C. The van der Waals surface area contributed by atoms with E-state index in [9.17, 15) is 4.79 Å². The first-order valence-corrected chi connectivity index (χ1v) is 7.22. The maximum absolute atomic E-state index is 9.17. The number of carbonyl (C=O) groups is 1. The van der Waals surface area contributed by atoms with E-state index in [2.05, 4.69) is 28.1 Å². The topological polar surface area (TPSA) is 17.1 Å². The number of aldehydes is 1. The van der Waals surface area contributed by atoms with Gasteiger partial charge in [0.15, 0.2) is 0 Å². The summed E-state index contributed by atoms with van der Waals surface area (Å²) in [5.74, 6) is 0. The predicted molar refractivity (Wildman–Crippen MR) is 77.2 cm³/mol. The van der Waals surface area contributed by atoms with E-state index in [1.165, 1.54) is 51.5 Å². The van der Waals surface area contributed by atoms with Crippen LogP contribution in [0.25, 0.3) is 0 Å². The molecule has 0 fully saturated rings. The molecule has 0 heterocycles. The second kappa shape index (κ2) is 13.7. The molecule has 0 spiro atoms. The van der Waals surface area contributed by atoms with E-state index >= 15 is 0 Å². The third kappa shape index (κ3) is 25.7. The lowest BCUT2D eigenvalue weighted by Gasteiger charge is -2.23. The van der Waals surface area contributed by atoms with Gasteiger partial charge in [0.05, 0.1) is 27.7 Å². The Balaban J connectivity index is 0. The van der Waals surface area contributed by atoms with E-state index < -0.39 is 0 Å². The molecule has 0 rings (SSSR count). The van der Waals surface area contributed by atoms with Crippen LogP contribution in [0.5, 0.6) is 0 Å². The summed E-state index contributed by atoms with van der Waals surface area (Å²) in [5, 5.41) is 0.